The first-order valence-electron chi connectivity index (χ1n) is 12.0. The topological polar surface area (TPSA) is 95.9 Å². The van der Waals surface area contributed by atoms with E-state index >= 15 is 0 Å². The second-order valence-corrected chi connectivity index (χ2v) is 10.8. The van der Waals surface area contributed by atoms with Gasteiger partial charge in [0.1, 0.15) is 11.9 Å². The number of fused-ring (bicyclic) bond motifs is 3. The Kier molecular flexibility index (Phi) is 7.69. The SMILES string of the molecule is CC(C)C(C(=O)N1CCSC(C(=O)O)C1)C(C)NC(=O)OCC1c2ccccc2-c2ccccc21. The maximum Gasteiger partial charge on any atom is 0.407 e. The number of benzene rings is 2. The highest BCUT2D eigenvalue weighted by molar-refractivity contribution is 8.00. The molecule has 3 unspecified atom stereocenters. The number of carboxylic acids is 1. The third-order valence-electron chi connectivity index (χ3n) is 6.88. The van der Waals surface area contributed by atoms with Gasteiger partial charge in [-0.15, -0.1) is 11.8 Å². The molecule has 0 bridgehead atoms. The predicted molar refractivity (Wildman–Crippen MR) is 136 cm³/mol. The molecule has 1 fully saturated rings. The lowest BCUT2D eigenvalue weighted by atomic mass is 9.87. The number of carbonyl (C=O) groups excluding carboxylic acids is 2. The van der Waals surface area contributed by atoms with E-state index in [0.717, 1.165) is 22.3 Å². The van der Waals surface area contributed by atoms with Crippen molar-refractivity contribution in [1.82, 2.24) is 10.2 Å². The fourth-order valence-electron chi connectivity index (χ4n) is 5.20. The van der Waals surface area contributed by atoms with Gasteiger partial charge in [-0.1, -0.05) is 62.4 Å². The Morgan fingerprint density at radius 1 is 1.06 bits per heavy atom. The molecule has 0 radical (unpaired) electrons. The number of carboxylic acid groups (broad SMARTS) is 1. The summed E-state index contributed by atoms with van der Waals surface area (Å²) in [7, 11) is 0. The number of carbonyl (C=O) groups is 3. The first-order chi connectivity index (χ1) is 16.8. The van der Waals surface area contributed by atoms with E-state index in [1.807, 2.05) is 38.1 Å². The molecule has 2 aromatic rings. The summed E-state index contributed by atoms with van der Waals surface area (Å²) in [6, 6.07) is 15.9. The smallest absolute Gasteiger partial charge is 0.407 e. The molecule has 2 amide bonds. The van der Waals surface area contributed by atoms with Crippen molar-refractivity contribution in [3.63, 3.8) is 0 Å². The number of hydrogen-bond acceptors (Lipinski definition) is 5. The van der Waals surface area contributed by atoms with E-state index in [0.29, 0.717) is 12.3 Å². The quantitative estimate of drug-likeness (QED) is 0.596. The third kappa shape index (κ3) is 5.32. The summed E-state index contributed by atoms with van der Waals surface area (Å²) in [4.78, 5) is 39.1. The van der Waals surface area contributed by atoms with E-state index in [1.54, 1.807) is 11.8 Å². The summed E-state index contributed by atoms with van der Waals surface area (Å²) in [6.07, 6.45) is -0.560. The zero-order chi connectivity index (χ0) is 25.1. The maximum atomic E-state index is 13.3. The molecule has 2 aliphatic rings. The largest absolute Gasteiger partial charge is 0.480 e. The molecular weight excluding hydrogens is 464 g/mol. The molecule has 1 saturated heterocycles. The highest BCUT2D eigenvalue weighted by Crippen LogP contribution is 2.44. The van der Waals surface area contributed by atoms with Crippen LogP contribution in [-0.2, 0) is 14.3 Å². The van der Waals surface area contributed by atoms with Gasteiger partial charge in [0.15, 0.2) is 0 Å². The molecule has 35 heavy (non-hydrogen) atoms. The van der Waals surface area contributed by atoms with E-state index in [2.05, 4.69) is 29.6 Å². The Labute approximate surface area is 210 Å². The summed E-state index contributed by atoms with van der Waals surface area (Å²) < 4.78 is 5.66. The van der Waals surface area contributed by atoms with Crippen LogP contribution in [0.2, 0.25) is 0 Å². The Bertz CT molecular complexity index is 1060. The Morgan fingerprint density at radius 2 is 1.66 bits per heavy atom. The number of nitrogens with one attached hydrogen (secondary N) is 1. The van der Waals surface area contributed by atoms with E-state index in [9.17, 15) is 19.5 Å². The van der Waals surface area contributed by atoms with Gasteiger partial charge in [0.2, 0.25) is 5.91 Å². The zero-order valence-corrected chi connectivity index (χ0v) is 21.1. The Balaban J connectivity index is 1.39. The molecule has 7 nitrogen and oxygen atoms in total. The highest BCUT2D eigenvalue weighted by atomic mass is 32.2. The first kappa shape index (κ1) is 25.1. The van der Waals surface area contributed by atoms with Crippen LogP contribution in [0.15, 0.2) is 48.5 Å². The molecule has 2 N–H and O–H groups in total. The molecule has 3 atom stereocenters. The lowest BCUT2D eigenvalue weighted by Gasteiger charge is -2.36. The van der Waals surface area contributed by atoms with Gasteiger partial charge >= 0.3 is 12.1 Å². The van der Waals surface area contributed by atoms with Crippen LogP contribution >= 0.6 is 11.8 Å². The van der Waals surface area contributed by atoms with Crippen LogP contribution in [-0.4, -0.2) is 64.7 Å². The number of rotatable bonds is 7. The van der Waals surface area contributed by atoms with E-state index in [-0.39, 0.29) is 30.9 Å². The number of alkyl carbamates (subject to hydrolysis) is 1. The zero-order valence-electron chi connectivity index (χ0n) is 20.3. The second-order valence-electron chi connectivity index (χ2n) is 9.51. The molecule has 4 rings (SSSR count). The molecule has 0 saturated carbocycles. The van der Waals surface area contributed by atoms with Gasteiger partial charge in [0.25, 0.3) is 0 Å². The van der Waals surface area contributed by atoms with Crippen molar-refractivity contribution in [2.45, 2.75) is 38.0 Å². The average molecular weight is 497 g/mol. The minimum Gasteiger partial charge on any atom is -0.480 e. The second kappa shape index (κ2) is 10.7. The summed E-state index contributed by atoms with van der Waals surface area (Å²) in [6.45, 7) is 6.57. The van der Waals surface area contributed by atoms with Gasteiger partial charge < -0.3 is 20.1 Å². The van der Waals surface area contributed by atoms with Crippen LogP contribution in [0.3, 0.4) is 0 Å². The number of nitrogens with zero attached hydrogens (tertiary/aromatic N) is 1. The Hall–Kier alpha value is -3.00. The van der Waals surface area contributed by atoms with Crippen molar-refractivity contribution in [3.8, 4) is 11.1 Å². The minimum absolute atomic E-state index is 0.0372. The summed E-state index contributed by atoms with van der Waals surface area (Å²) in [5.74, 6) is -1.000. The number of amides is 2. The van der Waals surface area contributed by atoms with Crippen molar-refractivity contribution >= 4 is 29.7 Å². The van der Waals surface area contributed by atoms with Crippen molar-refractivity contribution in [1.29, 1.82) is 0 Å². The normalized spacial score (nSPS) is 19.0. The monoisotopic (exact) mass is 496 g/mol. The summed E-state index contributed by atoms with van der Waals surface area (Å²) in [5, 5.41) is 11.6. The van der Waals surface area contributed by atoms with Crippen LogP contribution in [0.5, 0.6) is 0 Å². The van der Waals surface area contributed by atoms with Crippen molar-refractivity contribution in [2.24, 2.45) is 11.8 Å². The fourth-order valence-corrected chi connectivity index (χ4v) is 6.24. The standard InChI is InChI=1S/C27H32N2O5S/c1-16(2)24(25(30)29-12-13-35-23(14-29)26(31)32)17(3)28-27(33)34-15-22-20-10-6-4-8-18(20)19-9-5-7-11-21(19)22/h4-11,16-17,22-24H,12-15H2,1-3H3,(H,28,33)(H,31,32). The molecule has 0 spiro atoms. The number of hydrogen-bond donors (Lipinski definition) is 2. The number of aliphatic carboxylic acids is 1. The maximum absolute atomic E-state index is 13.3. The lowest BCUT2D eigenvalue weighted by Crippen LogP contribution is -2.52. The summed E-state index contributed by atoms with van der Waals surface area (Å²) in [5.41, 5.74) is 4.60. The number of thioether (sulfide) groups is 1. The fraction of sp³-hybridized carbons (Fsp3) is 0.444. The molecule has 8 heteroatoms. The summed E-state index contributed by atoms with van der Waals surface area (Å²) >= 11 is 1.36. The van der Waals surface area contributed by atoms with Crippen molar-refractivity contribution in [3.05, 3.63) is 59.7 Å². The van der Waals surface area contributed by atoms with Gasteiger partial charge in [0, 0.05) is 30.8 Å². The van der Waals surface area contributed by atoms with Gasteiger partial charge in [-0.2, -0.15) is 0 Å². The molecule has 2 aromatic carbocycles. The Morgan fingerprint density at radius 3 is 2.23 bits per heavy atom. The average Bonchev–Trinajstić information content (AvgIpc) is 3.16. The first-order valence-corrected chi connectivity index (χ1v) is 13.1. The van der Waals surface area contributed by atoms with E-state index in [4.69, 9.17) is 4.74 Å². The van der Waals surface area contributed by atoms with Gasteiger partial charge in [-0.25, -0.2) is 4.79 Å². The van der Waals surface area contributed by atoms with E-state index < -0.39 is 29.3 Å². The van der Waals surface area contributed by atoms with Gasteiger partial charge in [-0.05, 0) is 35.1 Å². The van der Waals surface area contributed by atoms with E-state index in [1.165, 1.54) is 11.8 Å². The molecule has 0 aromatic heterocycles. The third-order valence-corrected chi connectivity index (χ3v) is 8.06. The van der Waals surface area contributed by atoms with Crippen molar-refractivity contribution in [2.75, 3.05) is 25.4 Å². The van der Waals surface area contributed by atoms with Gasteiger partial charge in [-0.3, -0.25) is 9.59 Å². The highest BCUT2D eigenvalue weighted by Gasteiger charge is 2.37. The van der Waals surface area contributed by atoms with Crippen LogP contribution in [0.1, 0.15) is 37.8 Å². The molecule has 1 heterocycles. The molecule has 1 aliphatic heterocycles. The van der Waals surface area contributed by atoms with Crippen LogP contribution in [0.4, 0.5) is 4.79 Å². The van der Waals surface area contributed by atoms with Crippen LogP contribution < -0.4 is 5.32 Å². The molecule has 1 aliphatic carbocycles. The van der Waals surface area contributed by atoms with Crippen LogP contribution in [0, 0.1) is 11.8 Å². The minimum atomic E-state index is -0.904. The van der Waals surface area contributed by atoms with Crippen molar-refractivity contribution < 1.29 is 24.2 Å². The van der Waals surface area contributed by atoms with Gasteiger partial charge in [0.05, 0.1) is 5.92 Å². The lowest BCUT2D eigenvalue weighted by molar-refractivity contribution is -0.140. The molecule has 186 valence electrons. The number of ether oxygens (including phenoxy) is 1. The predicted octanol–water partition coefficient (Wildman–Crippen LogP) is 4.21. The van der Waals surface area contributed by atoms with Crippen LogP contribution in [0.25, 0.3) is 11.1 Å². The molecular formula is C27H32N2O5S.